The largest absolute Gasteiger partial charge is 0.376 e. The van der Waals surface area contributed by atoms with Crippen LogP contribution in [0.2, 0.25) is 0 Å². The van der Waals surface area contributed by atoms with E-state index >= 15 is 0 Å². The van der Waals surface area contributed by atoms with Crippen LogP contribution >= 0.6 is 0 Å². The Hall–Kier alpha value is -1.65. The fourth-order valence-electron chi connectivity index (χ4n) is 1.40. The lowest BCUT2D eigenvalue weighted by Crippen LogP contribution is -2.23. The molecular formula is C10H11F2N3. The van der Waals surface area contributed by atoms with Crippen molar-refractivity contribution in [2.24, 2.45) is 0 Å². The molecule has 0 aliphatic heterocycles. The number of fused-ring (bicyclic) bond motifs is 1. The molecule has 1 unspecified atom stereocenters. The molecule has 0 aliphatic rings. The van der Waals surface area contributed by atoms with Crippen molar-refractivity contribution >= 4 is 16.6 Å². The molecule has 3 nitrogen and oxygen atoms in total. The Balaban J connectivity index is 2.31. The molecule has 0 saturated carbocycles. The van der Waals surface area contributed by atoms with Crippen LogP contribution in [0, 0.1) is 0 Å². The van der Waals surface area contributed by atoms with Crippen LogP contribution in [0.3, 0.4) is 0 Å². The number of rotatable bonds is 3. The summed E-state index contributed by atoms with van der Waals surface area (Å²) < 4.78 is 24.7. The van der Waals surface area contributed by atoms with Crippen molar-refractivity contribution in [1.82, 2.24) is 10.2 Å². The number of alkyl halides is 2. The second-order valence-electron chi connectivity index (χ2n) is 3.40. The third-order valence-electron chi connectivity index (χ3n) is 2.25. The molecule has 1 atom stereocenters. The zero-order valence-electron chi connectivity index (χ0n) is 8.17. The number of hydrogen-bond donors (Lipinski definition) is 2. The zero-order valence-corrected chi connectivity index (χ0v) is 8.17. The lowest BCUT2D eigenvalue weighted by Gasteiger charge is -2.14. The van der Waals surface area contributed by atoms with Crippen LogP contribution in [0.5, 0.6) is 0 Å². The maximum atomic E-state index is 12.4. The molecule has 2 aromatic rings. The van der Waals surface area contributed by atoms with Gasteiger partial charge >= 0.3 is 0 Å². The maximum absolute atomic E-state index is 12.4. The van der Waals surface area contributed by atoms with Gasteiger partial charge in [-0.1, -0.05) is 6.07 Å². The second-order valence-corrected chi connectivity index (χ2v) is 3.40. The summed E-state index contributed by atoms with van der Waals surface area (Å²) in [4.78, 5) is 0. The highest BCUT2D eigenvalue weighted by atomic mass is 19.3. The minimum atomic E-state index is -2.38. The standard InChI is InChI=1S/C10H11F2N3/c1-6(10(11)12)14-8-3-2-4-9-7(8)5-13-15-9/h2-6,10,14H,1H3,(H,13,15). The Morgan fingerprint density at radius 1 is 1.40 bits per heavy atom. The van der Waals surface area contributed by atoms with Crippen molar-refractivity contribution < 1.29 is 8.78 Å². The van der Waals surface area contributed by atoms with E-state index in [-0.39, 0.29) is 0 Å². The third kappa shape index (κ3) is 1.91. The molecule has 0 radical (unpaired) electrons. The number of aromatic nitrogens is 2. The van der Waals surface area contributed by atoms with Crippen LogP contribution in [-0.4, -0.2) is 22.7 Å². The van der Waals surface area contributed by atoms with Crippen molar-refractivity contribution in [3.63, 3.8) is 0 Å². The van der Waals surface area contributed by atoms with E-state index in [1.54, 1.807) is 18.3 Å². The van der Waals surface area contributed by atoms with Gasteiger partial charge in [0.2, 0.25) is 0 Å². The predicted octanol–water partition coefficient (Wildman–Crippen LogP) is 2.63. The summed E-state index contributed by atoms with van der Waals surface area (Å²) in [5.41, 5.74) is 1.51. The van der Waals surface area contributed by atoms with Gasteiger partial charge in [0, 0.05) is 11.1 Å². The fourth-order valence-corrected chi connectivity index (χ4v) is 1.40. The van der Waals surface area contributed by atoms with Gasteiger partial charge in [-0.25, -0.2) is 8.78 Å². The highest BCUT2D eigenvalue weighted by Gasteiger charge is 2.15. The first-order chi connectivity index (χ1) is 7.18. The van der Waals surface area contributed by atoms with Gasteiger partial charge in [0.05, 0.1) is 17.8 Å². The van der Waals surface area contributed by atoms with Crippen LogP contribution in [0.1, 0.15) is 6.92 Å². The Labute approximate surface area is 85.5 Å². The molecule has 0 aliphatic carbocycles. The molecule has 80 valence electrons. The van der Waals surface area contributed by atoms with E-state index in [1.165, 1.54) is 6.92 Å². The van der Waals surface area contributed by atoms with Gasteiger partial charge in [-0.3, -0.25) is 5.10 Å². The second kappa shape index (κ2) is 3.84. The van der Waals surface area contributed by atoms with E-state index in [4.69, 9.17) is 0 Å². The van der Waals surface area contributed by atoms with E-state index in [2.05, 4.69) is 15.5 Å². The molecule has 5 heteroatoms. The van der Waals surface area contributed by atoms with E-state index in [9.17, 15) is 8.78 Å². The monoisotopic (exact) mass is 211 g/mol. The molecule has 0 spiro atoms. The average molecular weight is 211 g/mol. The molecule has 1 heterocycles. The summed E-state index contributed by atoms with van der Waals surface area (Å²) in [6, 6.07) is 4.53. The summed E-state index contributed by atoms with van der Waals surface area (Å²) in [7, 11) is 0. The lowest BCUT2D eigenvalue weighted by molar-refractivity contribution is 0.131. The number of H-pyrrole nitrogens is 1. The molecule has 0 bridgehead atoms. The predicted molar refractivity (Wildman–Crippen MR) is 55.2 cm³/mol. The number of nitrogens with one attached hydrogen (secondary N) is 2. The van der Waals surface area contributed by atoms with Crippen LogP contribution in [0.15, 0.2) is 24.4 Å². The molecule has 0 saturated heterocycles. The van der Waals surface area contributed by atoms with Crippen LogP contribution < -0.4 is 5.32 Å². The normalized spacial score (nSPS) is 13.3. The summed E-state index contributed by atoms with van der Waals surface area (Å²) in [5, 5.41) is 10.2. The van der Waals surface area contributed by atoms with E-state index in [0.717, 1.165) is 10.9 Å². The van der Waals surface area contributed by atoms with Crippen molar-refractivity contribution in [1.29, 1.82) is 0 Å². The van der Waals surface area contributed by atoms with Crippen molar-refractivity contribution in [3.05, 3.63) is 24.4 Å². The van der Waals surface area contributed by atoms with Crippen LogP contribution in [0.25, 0.3) is 10.9 Å². The van der Waals surface area contributed by atoms with Crippen molar-refractivity contribution in [2.45, 2.75) is 19.4 Å². The van der Waals surface area contributed by atoms with Crippen molar-refractivity contribution in [2.75, 3.05) is 5.32 Å². The first-order valence-electron chi connectivity index (χ1n) is 4.65. The fraction of sp³-hybridized carbons (Fsp3) is 0.300. The Bertz CT molecular complexity index is 453. The number of anilines is 1. The molecule has 0 amide bonds. The van der Waals surface area contributed by atoms with Gasteiger partial charge in [0.1, 0.15) is 0 Å². The average Bonchev–Trinajstić information content (AvgIpc) is 2.66. The molecule has 0 fully saturated rings. The van der Waals surface area contributed by atoms with E-state index in [1.807, 2.05) is 6.07 Å². The van der Waals surface area contributed by atoms with Gasteiger partial charge in [-0.05, 0) is 19.1 Å². The lowest BCUT2D eigenvalue weighted by atomic mass is 10.2. The van der Waals surface area contributed by atoms with Crippen LogP contribution in [-0.2, 0) is 0 Å². The number of benzene rings is 1. The smallest absolute Gasteiger partial charge is 0.258 e. The van der Waals surface area contributed by atoms with Gasteiger partial charge in [-0.2, -0.15) is 5.10 Å². The minimum absolute atomic E-state index is 0.675. The summed E-state index contributed by atoms with van der Waals surface area (Å²) >= 11 is 0. The van der Waals surface area contributed by atoms with Gasteiger partial charge in [0.15, 0.2) is 0 Å². The SMILES string of the molecule is CC(Nc1cccc2[nH]ncc12)C(F)F. The number of nitrogens with zero attached hydrogens (tertiary/aromatic N) is 1. The zero-order chi connectivity index (χ0) is 10.8. The molecular weight excluding hydrogens is 200 g/mol. The first-order valence-corrected chi connectivity index (χ1v) is 4.65. The molecule has 2 rings (SSSR count). The number of halogens is 2. The van der Waals surface area contributed by atoms with Crippen LogP contribution in [0.4, 0.5) is 14.5 Å². The van der Waals surface area contributed by atoms with E-state index < -0.39 is 12.5 Å². The number of aromatic amines is 1. The van der Waals surface area contributed by atoms with Gasteiger partial charge in [0.25, 0.3) is 6.43 Å². The molecule has 1 aromatic carbocycles. The number of hydrogen-bond acceptors (Lipinski definition) is 2. The quantitative estimate of drug-likeness (QED) is 0.819. The highest BCUT2D eigenvalue weighted by molar-refractivity contribution is 5.90. The first kappa shape index (κ1) is 9.89. The summed E-state index contributed by atoms with van der Waals surface area (Å²) in [5.74, 6) is 0. The molecule has 2 N–H and O–H groups in total. The maximum Gasteiger partial charge on any atom is 0.258 e. The molecule has 1 aromatic heterocycles. The van der Waals surface area contributed by atoms with Gasteiger partial charge in [-0.15, -0.1) is 0 Å². The minimum Gasteiger partial charge on any atom is -0.376 e. The summed E-state index contributed by atoms with van der Waals surface area (Å²) in [6.07, 6.45) is -0.761. The third-order valence-corrected chi connectivity index (χ3v) is 2.25. The van der Waals surface area contributed by atoms with E-state index in [0.29, 0.717) is 5.69 Å². The summed E-state index contributed by atoms with van der Waals surface area (Å²) in [6.45, 7) is 1.45. The highest BCUT2D eigenvalue weighted by Crippen LogP contribution is 2.22. The topological polar surface area (TPSA) is 40.7 Å². The Morgan fingerprint density at radius 3 is 2.93 bits per heavy atom. The van der Waals surface area contributed by atoms with Crippen molar-refractivity contribution in [3.8, 4) is 0 Å². The molecule has 15 heavy (non-hydrogen) atoms. The Kier molecular flexibility index (Phi) is 2.53. The van der Waals surface area contributed by atoms with Gasteiger partial charge < -0.3 is 5.32 Å². The Morgan fingerprint density at radius 2 is 2.20 bits per heavy atom.